The number of carbonyl (C=O) groups is 2. The van der Waals surface area contributed by atoms with E-state index >= 15 is 0 Å². The Hall–Kier alpha value is -1.45. The number of hydrogen-bond donors (Lipinski definition) is 3. The molecule has 1 unspecified atom stereocenters. The fraction of sp³-hybridized carbons (Fsp3) is 0.333. The minimum absolute atomic E-state index is 0.128. The minimum atomic E-state index is -3.71. The van der Waals surface area contributed by atoms with Gasteiger partial charge in [0.05, 0.1) is 6.42 Å². The highest BCUT2D eigenvalue weighted by molar-refractivity contribution is 9.10. The molecule has 1 aliphatic rings. The molecule has 4 N–H and O–H groups in total. The summed E-state index contributed by atoms with van der Waals surface area (Å²) in [6.45, 7) is 0. The van der Waals surface area contributed by atoms with E-state index in [1.165, 1.54) is 0 Å². The molecule has 21 heavy (non-hydrogen) atoms. The summed E-state index contributed by atoms with van der Waals surface area (Å²) < 4.78 is 26.1. The summed E-state index contributed by atoms with van der Waals surface area (Å²) in [6, 6.07) is 3.77. The van der Waals surface area contributed by atoms with Gasteiger partial charge in [-0.1, -0.05) is 28.1 Å². The first-order chi connectivity index (χ1) is 9.70. The topological polar surface area (TPSA) is 127 Å². The first-order valence-corrected chi connectivity index (χ1v) is 8.36. The molecule has 1 aliphatic heterocycles. The van der Waals surface area contributed by atoms with Gasteiger partial charge in [0.1, 0.15) is 11.3 Å². The molecule has 1 amide bonds. The number of aliphatic carboxylic acids is 1. The number of carboxylic acid groups (broad SMARTS) is 1. The molecule has 1 aromatic rings. The van der Waals surface area contributed by atoms with Gasteiger partial charge in [-0.15, -0.1) is 0 Å². The summed E-state index contributed by atoms with van der Waals surface area (Å²) in [5, 5.41) is 7.83. The van der Waals surface area contributed by atoms with Crippen LogP contribution in [0.25, 0.3) is 0 Å². The van der Waals surface area contributed by atoms with Crippen LogP contribution in [0.4, 0.5) is 0 Å². The van der Waals surface area contributed by atoms with Gasteiger partial charge in [0.2, 0.25) is 15.9 Å². The highest BCUT2D eigenvalue weighted by Crippen LogP contribution is 2.35. The van der Waals surface area contributed by atoms with Crippen LogP contribution in [0.1, 0.15) is 22.8 Å². The van der Waals surface area contributed by atoms with Crippen LogP contribution in [-0.2, 0) is 26.0 Å². The number of nitrogens with one attached hydrogen (secondary N) is 1. The maximum absolute atomic E-state index is 11.8. The Balaban J connectivity index is 2.28. The van der Waals surface area contributed by atoms with Crippen molar-refractivity contribution in [2.45, 2.75) is 24.1 Å². The van der Waals surface area contributed by atoms with Gasteiger partial charge < -0.3 is 10.8 Å². The Labute approximate surface area is 129 Å². The Kier molecular flexibility index (Phi) is 4.35. The molecule has 114 valence electrons. The molecule has 2 atom stereocenters. The fourth-order valence-electron chi connectivity index (χ4n) is 2.13. The van der Waals surface area contributed by atoms with E-state index in [0.717, 1.165) is 0 Å². The normalized spacial score (nSPS) is 21.8. The third-order valence-electron chi connectivity index (χ3n) is 3.19. The molecule has 1 heterocycles. The molecule has 7 nitrogen and oxygen atoms in total. The van der Waals surface area contributed by atoms with Crippen LogP contribution >= 0.6 is 15.9 Å². The molecule has 0 aliphatic carbocycles. The number of halogens is 1. The van der Waals surface area contributed by atoms with E-state index in [4.69, 9.17) is 10.8 Å². The van der Waals surface area contributed by atoms with E-state index in [-0.39, 0.29) is 12.8 Å². The zero-order chi connectivity index (χ0) is 15.8. The highest BCUT2D eigenvalue weighted by Gasteiger charge is 2.38. The molecule has 0 radical (unpaired) electrons. The van der Waals surface area contributed by atoms with Crippen molar-refractivity contribution in [1.29, 1.82) is 0 Å². The third kappa shape index (κ3) is 3.42. The van der Waals surface area contributed by atoms with Gasteiger partial charge in [0.15, 0.2) is 0 Å². The standard InChI is InChI=1S/C12H13BrN2O5S/c13-8-3-6(4-9(14)12(17)18)1-2-7(8)10-5-11(16)15-21(10,19)20/h1-3,9-10H,4-5,14H2,(H,15,16)(H,17,18)/t9-,10?/m0/s1. The van der Waals surface area contributed by atoms with Crippen LogP contribution in [0.3, 0.4) is 0 Å². The van der Waals surface area contributed by atoms with Crippen LogP contribution in [0.2, 0.25) is 0 Å². The summed E-state index contributed by atoms with van der Waals surface area (Å²) >= 11 is 3.26. The predicted octanol–water partition coefficient (Wildman–Crippen LogP) is 0.294. The summed E-state index contributed by atoms with van der Waals surface area (Å²) in [7, 11) is -3.71. The lowest BCUT2D eigenvalue weighted by molar-refractivity contribution is -0.138. The first-order valence-electron chi connectivity index (χ1n) is 6.02. The quantitative estimate of drug-likeness (QED) is 0.693. The molecule has 9 heteroatoms. The number of amides is 1. The van der Waals surface area contributed by atoms with E-state index in [0.29, 0.717) is 15.6 Å². The van der Waals surface area contributed by atoms with Crippen LogP contribution in [-0.4, -0.2) is 31.4 Å². The second-order valence-electron chi connectivity index (χ2n) is 4.77. The second kappa shape index (κ2) is 5.74. The fourth-order valence-corrected chi connectivity index (χ4v) is 4.43. The maximum atomic E-state index is 11.8. The number of carbonyl (C=O) groups excluding carboxylic acids is 1. The zero-order valence-corrected chi connectivity index (χ0v) is 13.1. The Bertz CT molecular complexity index is 704. The van der Waals surface area contributed by atoms with Crippen LogP contribution < -0.4 is 10.5 Å². The summed E-state index contributed by atoms with van der Waals surface area (Å²) in [6.07, 6.45) is -0.00225. The van der Waals surface area contributed by atoms with Crippen molar-refractivity contribution in [2.24, 2.45) is 5.73 Å². The SMILES string of the molecule is N[C@@H](Cc1ccc(C2CC(=O)NS2(=O)=O)c(Br)c1)C(=O)O. The van der Waals surface area contributed by atoms with Crippen LogP contribution in [0.5, 0.6) is 0 Å². The molecule has 1 fully saturated rings. The number of nitrogens with two attached hydrogens (primary N) is 1. The average molecular weight is 377 g/mol. The molecule has 1 aromatic carbocycles. The van der Waals surface area contributed by atoms with Crippen LogP contribution in [0, 0.1) is 0 Å². The third-order valence-corrected chi connectivity index (χ3v) is 5.55. The molecule has 0 bridgehead atoms. The van der Waals surface area contributed by atoms with E-state index in [1.807, 2.05) is 4.72 Å². The van der Waals surface area contributed by atoms with Gasteiger partial charge in [-0.25, -0.2) is 8.42 Å². The maximum Gasteiger partial charge on any atom is 0.320 e. The van der Waals surface area contributed by atoms with Gasteiger partial charge in [0.25, 0.3) is 0 Å². The number of hydrogen-bond acceptors (Lipinski definition) is 5. The molecule has 2 rings (SSSR count). The molecule has 0 spiro atoms. The lowest BCUT2D eigenvalue weighted by Gasteiger charge is -2.13. The monoisotopic (exact) mass is 376 g/mol. The summed E-state index contributed by atoms with van der Waals surface area (Å²) in [4.78, 5) is 22.0. The summed E-state index contributed by atoms with van der Waals surface area (Å²) in [5.74, 6) is -1.65. The van der Waals surface area contributed by atoms with Crippen molar-refractivity contribution >= 4 is 37.8 Å². The van der Waals surface area contributed by atoms with Gasteiger partial charge in [-0.2, -0.15) is 0 Å². The Morgan fingerprint density at radius 1 is 1.52 bits per heavy atom. The second-order valence-corrected chi connectivity index (χ2v) is 7.49. The highest BCUT2D eigenvalue weighted by atomic mass is 79.9. The average Bonchev–Trinajstić information content (AvgIpc) is 2.62. The van der Waals surface area contributed by atoms with Crippen molar-refractivity contribution in [1.82, 2.24) is 4.72 Å². The van der Waals surface area contributed by atoms with E-state index in [2.05, 4.69) is 15.9 Å². The van der Waals surface area contributed by atoms with E-state index in [1.54, 1.807) is 18.2 Å². The smallest absolute Gasteiger partial charge is 0.320 e. The van der Waals surface area contributed by atoms with Crippen molar-refractivity contribution in [3.8, 4) is 0 Å². The van der Waals surface area contributed by atoms with Gasteiger partial charge in [-0.3, -0.25) is 14.3 Å². The molecule has 0 saturated carbocycles. The van der Waals surface area contributed by atoms with E-state index in [9.17, 15) is 18.0 Å². The largest absolute Gasteiger partial charge is 0.480 e. The van der Waals surface area contributed by atoms with Gasteiger partial charge in [0, 0.05) is 4.47 Å². The van der Waals surface area contributed by atoms with Crippen LogP contribution in [0.15, 0.2) is 22.7 Å². The number of benzene rings is 1. The molecular weight excluding hydrogens is 364 g/mol. The molecule has 1 saturated heterocycles. The number of sulfonamides is 1. The van der Waals surface area contributed by atoms with Crippen molar-refractivity contribution in [3.63, 3.8) is 0 Å². The van der Waals surface area contributed by atoms with E-state index < -0.39 is 33.2 Å². The van der Waals surface area contributed by atoms with Gasteiger partial charge >= 0.3 is 5.97 Å². The number of carboxylic acids is 1. The van der Waals surface area contributed by atoms with Gasteiger partial charge in [-0.05, 0) is 23.6 Å². The number of rotatable bonds is 4. The molecule has 0 aromatic heterocycles. The zero-order valence-electron chi connectivity index (χ0n) is 10.7. The molecular formula is C12H13BrN2O5S. The minimum Gasteiger partial charge on any atom is -0.480 e. The Morgan fingerprint density at radius 3 is 2.67 bits per heavy atom. The summed E-state index contributed by atoms with van der Waals surface area (Å²) in [5.41, 5.74) is 6.58. The lowest BCUT2D eigenvalue weighted by atomic mass is 10.0. The lowest BCUT2D eigenvalue weighted by Crippen LogP contribution is -2.32. The predicted molar refractivity (Wildman–Crippen MR) is 77.9 cm³/mol. The Morgan fingerprint density at radius 2 is 2.19 bits per heavy atom. The van der Waals surface area contributed by atoms with Crippen molar-refractivity contribution < 1.29 is 23.1 Å². The first kappa shape index (κ1) is 15.9. The van der Waals surface area contributed by atoms with Crippen molar-refractivity contribution in [3.05, 3.63) is 33.8 Å². The van der Waals surface area contributed by atoms with Crippen molar-refractivity contribution in [2.75, 3.05) is 0 Å².